The molecule has 0 saturated heterocycles. The molecular weight excluding hydrogens is 358 g/mol. The van der Waals surface area contributed by atoms with E-state index in [1.165, 1.54) is 0 Å². The maximum Gasteiger partial charge on any atom is 0.337 e. The van der Waals surface area contributed by atoms with Crippen LogP contribution in [-0.2, 0) is 23.8 Å². The van der Waals surface area contributed by atoms with Crippen molar-refractivity contribution in [3.8, 4) is 0 Å². The van der Waals surface area contributed by atoms with Crippen LogP contribution in [0.3, 0.4) is 0 Å². The van der Waals surface area contributed by atoms with Gasteiger partial charge in [0.1, 0.15) is 6.61 Å². The third kappa shape index (κ3) is 2.99. The second-order valence-electron chi connectivity index (χ2n) is 5.96. The summed E-state index contributed by atoms with van der Waals surface area (Å²) in [5, 5.41) is 0.465. The Balaban J connectivity index is 2.26. The number of benzene rings is 1. The Labute approximate surface area is 157 Å². The van der Waals surface area contributed by atoms with Gasteiger partial charge in [0.25, 0.3) is 0 Å². The number of likely N-dealkylation sites (N-methyl/N-ethyl adjacent to an activating group) is 1. The van der Waals surface area contributed by atoms with E-state index in [0.717, 1.165) is 0 Å². The molecule has 1 atom stereocenters. The summed E-state index contributed by atoms with van der Waals surface area (Å²) in [6, 6.07) is 7.15. The third-order valence-electron chi connectivity index (χ3n) is 4.56. The van der Waals surface area contributed by atoms with Crippen LogP contribution in [0, 0.1) is 0 Å². The first-order valence-electron chi connectivity index (χ1n) is 8.28. The minimum absolute atomic E-state index is 0.148. The van der Waals surface area contributed by atoms with Crippen LogP contribution >= 0.6 is 11.6 Å². The van der Waals surface area contributed by atoms with Crippen LogP contribution in [-0.4, -0.2) is 50.8 Å². The van der Waals surface area contributed by atoms with Crippen LogP contribution in [0.15, 0.2) is 46.8 Å². The van der Waals surface area contributed by atoms with Gasteiger partial charge < -0.3 is 19.1 Å². The molecule has 6 nitrogen and oxygen atoms in total. The zero-order valence-electron chi connectivity index (χ0n) is 14.9. The van der Waals surface area contributed by atoms with Gasteiger partial charge in [0, 0.05) is 19.2 Å². The van der Waals surface area contributed by atoms with Crippen molar-refractivity contribution in [3.05, 3.63) is 57.4 Å². The lowest BCUT2D eigenvalue weighted by Gasteiger charge is -2.34. The molecule has 0 fully saturated rings. The van der Waals surface area contributed by atoms with Gasteiger partial charge in [-0.3, -0.25) is 0 Å². The van der Waals surface area contributed by atoms with Crippen LogP contribution in [0.5, 0.6) is 0 Å². The SMILES string of the molecule is CCOC(=O)C1=C(COC)N(C)C2=C(C(=O)OC2)C1c1ccccc1Cl. The maximum atomic E-state index is 12.8. The molecule has 1 aromatic carbocycles. The fourth-order valence-electron chi connectivity index (χ4n) is 3.40. The van der Waals surface area contributed by atoms with E-state index in [-0.39, 0.29) is 19.8 Å². The van der Waals surface area contributed by atoms with E-state index in [0.29, 0.717) is 33.1 Å². The van der Waals surface area contributed by atoms with Gasteiger partial charge in [0.05, 0.1) is 41.7 Å². The van der Waals surface area contributed by atoms with Crippen molar-refractivity contribution in [2.24, 2.45) is 0 Å². The lowest BCUT2D eigenvalue weighted by molar-refractivity contribution is -0.139. The highest BCUT2D eigenvalue weighted by Crippen LogP contribution is 2.46. The molecule has 0 aromatic heterocycles. The van der Waals surface area contributed by atoms with Gasteiger partial charge in [0.15, 0.2) is 0 Å². The van der Waals surface area contributed by atoms with E-state index in [4.69, 9.17) is 25.8 Å². The molecule has 7 heteroatoms. The van der Waals surface area contributed by atoms with Crippen LogP contribution < -0.4 is 0 Å². The smallest absolute Gasteiger partial charge is 0.337 e. The number of cyclic esters (lactones) is 1. The van der Waals surface area contributed by atoms with Gasteiger partial charge in [-0.05, 0) is 18.6 Å². The van der Waals surface area contributed by atoms with Crippen molar-refractivity contribution >= 4 is 23.5 Å². The molecule has 1 unspecified atom stereocenters. The quantitative estimate of drug-likeness (QED) is 0.735. The number of esters is 2. The van der Waals surface area contributed by atoms with Crippen molar-refractivity contribution in [1.29, 1.82) is 0 Å². The first-order valence-corrected chi connectivity index (χ1v) is 8.66. The molecule has 0 N–H and O–H groups in total. The molecule has 0 radical (unpaired) electrons. The molecule has 2 aliphatic rings. The second kappa shape index (κ2) is 7.51. The summed E-state index contributed by atoms with van der Waals surface area (Å²) in [5.41, 5.74) is 2.77. The minimum atomic E-state index is -0.658. The Hall–Kier alpha value is -2.31. The van der Waals surface area contributed by atoms with Crippen molar-refractivity contribution < 1.29 is 23.8 Å². The molecule has 2 heterocycles. The van der Waals surface area contributed by atoms with Crippen molar-refractivity contribution in [3.63, 3.8) is 0 Å². The number of hydrogen-bond acceptors (Lipinski definition) is 6. The Morgan fingerprint density at radius 1 is 1.38 bits per heavy atom. The number of methoxy groups -OCH3 is 1. The van der Waals surface area contributed by atoms with E-state index in [1.807, 2.05) is 6.07 Å². The first kappa shape index (κ1) is 18.5. The zero-order valence-corrected chi connectivity index (χ0v) is 15.6. The average Bonchev–Trinajstić information content (AvgIpc) is 3.00. The summed E-state index contributed by atoms with van der Waals surface area (Å²) in [7, 11) is 3.34. The largest absolute Gasteiger partial charge is 0.463 e. The average molecular weight is 378 g/mol. The summed E-state index contributed by atoms with van der Waals surface area (Å²) in [4.78, 5) is 27.1. The predicted octanol–water partition coefficient (Wildman–Crippen LogP) is 2.64. The highest BCUT2D eigenvalue weighted by molar-refractivity contribution is 6.31. The van der Waals surface area contributed by atoms with Crippen LogP contribution in [0.1, 0.15) is 18.4 Å². The zero-order chi connectivity index (χ0) is 18.8. The lowest BCUT2D eigenvalue weighted by Crippen LogP contribution is -2.34. The van der Waals surface area contributed by atoms with E-state index in [9.17, 15) is 9.59 Å². The number of hydrogen-bond donors (Lipinski definition) is 0. The van der Waals surface area contributed by atoms with Gasteiger partial charge in [-0.2, -0.15) is 0 Å². The molecule has 3 rings (SSSR count). The minimum Gasteiger partial charge on any atom is -0.463 e. The highest BCUT2D eigenvalue weighted by atomic mass is 35.5. The molecule has 26 heavy (non-hydrogen) atoms. The summed E-state index contributed by atoms with van der Waals surface area (Å²) in [6.45, 7) is 2.30. The Kier molecular flexibility index (Phi) is 5.34. The number of carbonyl (C=O) groups is 2. The fraction of sp³-hybridized carbons (Fsp3) is 0.368. The monoisotopic (exact) mass is 377 g/mol. The van der Waals surface area contributed by atoms with Gasteiger partial charge >= 0.3 is 11.9 Å². The Bertz CT molecular complexity index is 814. The van der Waals surface area contributed by atoms with Crippen LogP contribution in [0.2, 0.25) is 5.02 Å². The van der Waals surface area contributed by atoms with Crippen LogP contribution in [0.25, 0.3) is 0 Å². The molecule has 0 saturated carbocycles. The first-order chi connectivity index (χ1) is 12.5. The van der Waals surface area contributed by atoms with Gasteiger partial charge in [-0.25, -0.2) is 9.59 Å². The van der Waals surface area contributed by atoms with Gasteiger partial charge in [-0.1, -0.05) is 29.8 Å². The number of nitrogens with zero attached hydrogens (tertiary/aromatic N) is 1. The molecule has 0 aliphatic carbocycles. The van der Waals surface area contributed by atoms with Crippen molar-refractivity contribution in [1.82, 2.24) is 4.90 Å². The van der Waals surface area contributed by atoms with E-state index >= 15 is 0 Å². The summed E-state index contributed by atoms with van der Waals surface area (Å²) in [6.07, 6.45) is 0. The number of halogens is 1. The Morgan fingerprint density at radius 3 is 2.77 bits per heavy atom. The predicted molar refractivity (Wildman–Crippen MR) is 95.5 cm³/mol. The molecule has 138 valence electrons. The highest BCUT2D eigenvalue weighted by Gasteiger charge is 2.45. The second-order valence-corrected chi connectivity index (χ2v) is 6.37. The normalized spacial score (nSPS) is 19.6. The fourth-order valence-corrected chi connectivity index (χ4v) is 3.64. The van der Waals surface area contributed by atoms with E-state index in [2.05, 4.69) is 0 Å². The van der Waals surface area contributed by atoms with Gasteiger partial charge in [-0.15, -0.1) is 0 Å². The lowest BCUT2D eigenvalue weighted by atomic mass is 9.80. The summed E-state index contributed by atoms with van der Waals surface area (Å²) in [5.74, 6) is -1.60. The topological polar surface area (TPSA) is 65.1 Å². The van der Waals surface area contributed by atoms with Crippen molar-refractivity contribution in [2.75, 3.05) is 34.0 Å². The third-order valence-corrected chi connectivity index (χ3v) is 4.91. The summed E-state index contributed by atoms with van der Waals surface area (Å²) < 4.78 is 15.9. The maximum absolute atomic E-state index is 12.8. The molecule has 1 aromatic rings. The molecular formula is C19H20ClNO5. The molecule has 2 aliphatic heterocycles. The summed E-state index contributed by atoms with van der Waals surface area (Å²) >= 11 is 6.41. The molecule has 0 spiro atoms. The van der Waals surface area contributed by atoms with Crippen LogP contribution in [0.4, 0.5) is 0 Å². The van der Waals surface area contributed by atoms with E-state index < -0.39 is 17.9 Å². The van der Waals surface area contributed by atoms with E-state index in [1.54, 1.807) is 44.2 Å². The Morgan fingerprint density at radius 2 is 2.12 bits per heavy atom. The number of carbonyl (C=O) groups excluding carboxylic acids is 2. The molecule has 0 bridgehead atoms. The van der Waals surface area contributed by atoms with Crippen molar-refractivity contribution in [2.45, 2.75) is 12.8 Å². The molecule has 0 amide bonds. The van der Waals surface area contributed by atoms with Gasteiger partial charge in [0.2, 0.25) is 0 Å². The number of rotatable bonds is 5. The standard InChI is InChI=1S/C19H20ClNO5/c1-4-25-18(22)16-13(9-24-3)21(2)14-10-26-19(23)17(14)15(16)11-7-5-6-8-12(11)20/h5-8,15H,4,9-10H2,1-3H3. The number of ether oxygens (including phenoxy) is 3.